The Morgan fingerprint density at radius 2 is 2.23 bits per heavy atom. The summed E-state index contributed by atoms with van der Waals surface area (Å²) < 4.78 is 0. The van der Waals surface area contributed by atoms with Gasteiger partial charge >= 0.3 is 5.97 Å². The van der Waals surface area contributed by atoms with Crippen LogP contribution < -0.4 is 4.90 Å². The summed E-state index contributed by atoms with van der Waals surface area (Å²) in [6, 6.07) is 9.63. The van der Waals surface area contributed by atoms with Crippen molar-refractivity contribution in [3.8, 4) is 6.07 Å². The van der Waals surface area contributed by atoms with Crippen LogP contribution in [-0.2, 0) is 4.79 Å². The molecule has 4 rings (SSSR count). The molecule has 2 heterocycles. The summed E-state index contributed by atoms with van der Waals surface area (Å²) in [6.07, 6.45) is 2.42. The summed E-state index contributed by atoms with van der Waals surface area (Å²) in [5.74, 6) is -0.700. The minimum Gasteiger partial charge on any atom is -0.481 e. The van der Waals surface area contributed by atoms with Crippen LogP contribution in [0.5, 0.6) is 0 Å². The Bertz CT molecular complexity index is 857. The van der Waals surface area contributed by atoms with Gasteiger partial charge in [0.25, 0.3) is 0 Å². The first-order valence-corrected chi connectivity index (χ1v) is 7.27. The van der Waals surface area contributed by atoms with E-state index in [1.807, 2.05) is 25.1 Å². The maximum atomic E-state index is 11.6. The number of hydrogen-bond donors (Lipinski definition) is 1. The second-order valence-corrected chi connectivity index (χ2v) is 6.62. The summed E-state index contributed by atoms with van der Waals surface area (Å²) in [6.45, 7) is 3.30. The highest BCUT2D eigenvalue weighted by Gasteiger charge is 2.74. The molecule has 0 spiro atoms. The molecule has 1 N–H and O–H groups in total. The number of nitrogens with zero attached hydrogens (tertiary/aromatic N) is 3. The lowest BCUT2D eigenvalue weighted by molar-refractivity contribution is -0.143. The molecule has 1 aromatic heterocycles. The number of rotatable bonds is 2. The van der Waals surface area contributed by atoms with E-state index in [9.17, 15) is 15.2 Å². The maximum Gasteiger partial charge on any atom is 0.312 e. The number of benzene rings is 1. The molecular weight excluding hydrogens is 278 g/mol. The smallest absolute Gasteiger partial charge is 0.312 e. The number of carboxylic acid groups (broad SMARTS) is 1. The number of pyridine rings is 1. The molecule has 2 aromatic rings. The van der Waals surface area contributed by atoms with E-state index in [2.05, 4.69) is 16.0 Å². The van der Waals surface area contributed by atoms with Crippen LogP contribution in [0.3, 0.4) is 0 Å². The summed E-state index contributed by atoms with van der Waals surface area (Å²) in [7, 11) is 0. The van der Waals surface area contributed by atoms with Gasteiger partial charge in [0.05, 0.1) is 16.5 Å². The molecule has 5 heteroatoms. The molecule has 0 bridgehead atoms. The summed E-state index contributed by atoms with van der Waals surface area (Å²) in [5.41, 5.74) is 1.42. The Hall–Kier alpha value is -2.61. The number of carbonyl (C=O) groups is 1. The highest BCUT2D eigenvalue weighted by atomic mass is 16.4. The van der Waals surface area contributed by atoms with Crippen molar-refractivity contribution in [3.63, 3.8) is 0 Å². The fourth-order valence-electron chi connectivity index (χ4n) is 3.97. The first-order valence-electron chi connectivity index (χ1n) is 7.27. The first kappa shape index (κ1) is 13.1. The van der Waals surface area contributed by atoms with Crippen LogP contribution in [0.2, 0.25) is 0 Å². The van der Waals surface area contributed by atoms with E-state index in [0.29, 0.717) is 17.6 Å². The molecule has 22 heavy (non-hydrogen) atoms. The van der Waals surface area contributed by atoms with Crippen LogP contribution in [0.25, 0.3) is 10.9 Å². The van der Waals surface area contributed by atoms with Crippen LogP contribution in [0, 0.1) is 22.2 Å². The van der Waals surface area contributed by atoms with Gasteiger partial charge in [-0.25, -0.2) is 0 Å². The first-order chi connectivity index (χ1) is 10.5. The molecule has 1 aliphatic carbocycles. The molecule has 1 saturated heterocycles. The predicted molar refractivity (Wildman–Crippen MR) is 81.5 cm³/mol. The van der Waals surface area contributed by atoms with Gasteiger partial charge in [-0.2, -0.15) is 5.26 Å². The normalized spacial score (nSPS) is 29.2. The third-order valence-electron chi connectivity index (χ3n) is 5.34. The largest absolute Gasteiger partial charge is 0.481 e. The van der Waals surface area contributed by atoms with Crippen molar-refractivity contribution in [3.05, 3.63) is 36.0 Å². The molecule has 0 unspecified atom stereocenters. The highest BCUT2D eigenvalue weighted by Crippen LogP contribution is 2.68. The fourth-order valence-corrected chi connectivity index (χ4v) is 3.97. The van der Waals surface area contributed by atoms with E-state index in [-0.39, 0.29) is 5.41 Å². The van der Waals surface area contributed by atoms with Crippen LogP contribution in [0.4, 0.5) is 5.69 Å². The Morgan fingerprint density at radius 3 is 2.91 bits per heavy atom. The van der Waals surface area contributed by atoms with Crippen LogP contribution in [0.15, 0.2) is 30.5 Å². The van der Waals surface area contributed by atoms with Crippen molar-refractivity contribution >= 4 is 22.6 Å². The van der Waals surface area contributed by atoms with Gasteiger partial charge < -0.3 is 10.0 Å². The molecule has 1 aliphatic heterocycles. The SMILES string of the molecule is C[C@]12CN(c3ccc(C#N)c4ncccc34)C[C@]1(C(=O)O)C2. The zero-order valence-electron chi connectivity index (χ0n) is 12.2. The zero-order valence-corrected chi connectivity index (χ0v) is 12.2. The summed E-state index contributed by atoms with van der Waals surface area (Å²) in [4.78, 5) is 18.1. The van der Waals surface area contributed by atoms with Crippen LogP contribution in [0.1, 0.15) is 18.9 Å². The lowest BCUT2D eigenvalue weighted by atomic mass is 9.99. The van der Waals surface area contributed by atoms with Crippen molar-refractivity contribution in [2.75, 3.05) is 18.0 Å². The molecule has 1 saturated carbocycles. The van der Waals surface area contributed by atoms with Gasteiger partial charge in [-0.1, -0.05) is 6.92 Å². The topological polar surface area (TPSA) is 77.2 Å². The molecule has 0 radical (unpaired) electrons. The standard InChI is InChI=1S/C17H15N3O2/c1-16-8-17(16,15(21)22)10-20(9-16)13-5-4-11(7-18)14-12(13)3-2-6-19-14/h2-6H,8-10H2,1H3,(H,21,22)/t16-,17-/m0/s1. The monoisotopic (exact) mass is 293 g/mol. The molecular formula is C17H15N3O2. The van der Waals surface area contributed by atoms with Gasteiger partial charge in [0.1, 0.15) is 6.07 Å². The van der Waals surface area contributed by atoms with E-state index in [1.54, 1.807) is 12.3 Å². The fraction of sp³-hybridized carbons (Fsp3) is 0.353. The van der Waals surface area contributed by atoms with Crippen molar-refractivity contribution in [1.82, 2.24) is 4.98 Å². The number of carboxylic acids is 1. The zero-order chi connectivity index (χ0) is 15.5. The summed E-state index contributed by atoms with van der Waals surface area (Å²) in [5, 5.41) is 19.7. The average Bonchev–Trinajstić information content (AvgIpc) is 3.00. The van der Waals surface area contributed by atoms with Gasteiger partial charge in [-0.05, 0) is 30.7 Å². The Labute approximate surface area is 127 Å². The lowest BCUT2D eigenvalue weighted by Crippen LogP contribution is -2.28. The molecule has 2 aliphatic rings. The number of anilines is 1. The quantitative estimate of drug-likeness (QED) is 0.920. The number of aliphatic carboxylic acids is 1. The molecule has 0 amide bonds. The predicted octanol–water partition coefficient (Wildman–Crippen LogP) is 2.41. The van der Waals surface area contributed by atoms with Gasteiger partial charge in [-0.15, -0.1) is 0 Å². The minimum atomic E-state index is -0.700. The second kappa shape index (κ2) is 3.98. The molecule has 5 nitrogen and oxygen atoms in total. The van der Waals surface area contributed by atoms with E-state index in [0.717, 1.165) is 24.0 Å². The number of nitriles is 1. The maximum absolute atomic E-state index is 11.6. The molecule has 1 aromatic carbocycles. The van der Waals surface area contributed by atoms with Gasteiger partial charge in [0, 0.05) is 35.8 Å². The van der Waals surface area contributed by atoms with Crippen molar-refractivity contribution < 1.29 is 9.90 Å². The van der Waals surface area contributed by atoms with Crippen molar-refractivity contribution in [1.29, 1.82) is 5.26 Å². The average molecular weight is 293 g/mol. The van der Waals surface area contributed by atoms with Crippen LogP contribution >= 0.6 is 0 Å². The highest BCUT2D eigenvalue weighted by molar-refractivity contribution is 5.96. The number of piperidine rings is 1. The number of fused-ring (bicyclic) bond motifs is 2. The van der Waals surface area contributed by atoms with Crippen molar-refractivity contribution in [2.24, 2.45) is 10.8 Å². The van der Waals surface area contributed by atoms with Crippen molar-refractivity contribution in [2.45, 2.75) is 13.3 Å². The lowest BCUT2D eigenvalue weighted by Gasteiger charge is -2.24. The Kier molecular flexibility index (Phi) is 2.37. The van der Waals surface area contributed by atoms with E-state index >= 15 is 0 Å². The van der Waals surface area contributed by atoms with Gasteiger partial charge in [0.2, 0.25) is 0 Å². The molecule has 2 atom stereocenters. The molecule has 110 valence electrons. The van der Waals surface area contributed by atoms with E-state index in [4.69, 9.17) is 0 Å². The number of hydrogen-bond acceptors (Lipinski definition) is 4. The Balaban J connectivity index is 1.82. The van der Waals surface area contributed by atoms with E-state index in [1.165, 1.54) is 0 Å². The second-order valence-electron chi connectivity index (χ2n) is 6.62. The van der Waals surface area contributed by atoms with E-state index < -0.39 is 11.4 Å². The molecule has 2 fully saturated rings. The third kappa shape index (κ3) is 1.47. The van der Waals surface area contributed by atoms with Crippen LogP contribution in [-0.4, -0.2) is 29.1 Å². The minimum absolute atomic E-state index is 0.152. The summed E-state index contributed by atoms with van der Waals surface area (Å²) >= 11 is 0. The Morgan fingerprint density at radius 1 is 1.41 bits per heavy atom. The van der Waals surface area contributed by atoms with Gasteiger partial charge in [0.15, 0.2) is 0 Å². The third-order valence-corrected chi connectivity index (χ3v) is 5.34. The van der Waals surface area contributed by atoms with Gasteiger partial charge in [-0.3, -0.25) is 9.78 Å². The number of aromatic nitrogens is 1.